The third kappa shape index (κ3) is 5.00. The molecule has 1 saturated carbocycles. The van der Waals surface area contributed by atoms with Crippen LogP contribution in [0.1, 0.15) is 65.2 Å². The average Bonchev–Trinajstić information content (AvgIpc) is 2.20. The Bertz CT molecular complexity index is 207. The van der Waals surface area contributed by atoms with Crippen molar-refractivity contribution in [2.45, 2.75) is 65.2 Å². The molecule has 0 aliphatic heterocycles. The minimum atomic E-state index is -0.122. The van der Waals surface area contributed by atoms with Gasteiger partial charge in [0.15, 0.2) is 0 Å². The van der Waals surface area contributed by atoms with E-state index in [2.05, 4.69) is 13.8 Å². The third-order valence-electron chi connectivity index (χ3n) is 3.97. The van der Waals surface area contributed by atoms with E-state index in [1.54, 1.807) is 0 Å². The fraction of sp³-hybridized carbons (Fsp3) is 0.929. The van der Waals surface area contributed by atoms with E-state index < -0.39 is 0 Å². The zero-order valence-electron chi connectivity index (χ0n) is 10.9. The molecule has 1 aliphatic carbocycles. The van der Waals surface area contributed by atoms with E-state index in [4.69, 9.17) is 5.73 Å². The normalized spacial score (nSPS) is 27.6. The van der Waals surface area contributed by atoms with Gasteiger partial charge in [0.25, 0.3) is 0 Å². The zero-order chi connectivity index (χ0) is 12.0. The molecule has 1 amide bonds. The van der Waals surface area contributed by atoms with Crippen LogP contribution in [0.2, 0.25) is 0 Å². The lowest BCUT2D eigenvalue weighted by atomic mass is 9.76. The second-order valence-electron chi connectivity index (χ2n) is 5.69. The highest BCUT2D eigenvalue weighted by molar-refractivity contribution is 5.73. The van der Waals surface area contributed by atoms with E-state index in [0.29, 0.717) is 12.3 Å². The topological polar surface area (TPSA) is 43.1 Å². The Morgan fingerprint density at radius 3 is 2.31 bits per heavy atom. The smallest absolute Gasteiger partial charge is 0.217 e. The number of carbonyl (C=O) groups is 1. The van der Waals surface area contributed by atoms with E-state index in [1.807, 2.05) is 0 Å². The lowest BCUT2D eigenvalue weighted by Crippen LogP contribution is -2.22. The van der Waals surface area contributed by atoms with Crippen molar-refractivity contribution in [3.05, 3.63) is 0 Å². The van der Waals surface area contributed by atoms with Gasteiger partial charge in [-0.05, 0) is 37.0 Å². The number of amides is 1. The molecule has 0 aromatic rings. The molecule has 2 heteroatoms. The Labute approximate surface area is 100.0 Å². The van der Waals surface area contributed by atoms with Gasteiger partial charge in [0.1, 0.15) is 0 Å². The van der Waals surface area contributed by atoms with Crippen LogP contribution in [0, 0.1) is 17.8 Å². The van der Waals surface area contributed by atoms with Gasteiger partial charge in [0.05, 0.1) is 0 Å². The van der Waals surface area contributed by atoms with Crippen LogP contribution in [-0.2, 0) is 4.79 Å². The Hall–Kier alpha value is -0.530. The summed E-state index contributed by atoms with van der Waals surface area (Å²) in [7, 11) is 0. The van der Waals surface area contributed by atoms with Crippen LogP contribution in [0.15, 0.2) is 0 Å². The number of rotatable bonds is 6. The Morgan fingerprint density at radius 1 is 1.25 bits per heavy atom. The van der Waals surface area contributed by atoms with Crippen molar-refractivity contribution in [3.63, 3.8) is 0 Å². The van der Waals surface area contributed by atoms with Gasteiger partial charge in [-0.1, -0.05) is 39.5 Å². The number of nitrogens with two attached hydrogens (primary N) is 1. The minimum absolute atomic E-state index is 0.122. The maximum absolute atomic E-state index is 10.8. The molecular weight excluding hydrogens is 198 g/mol. The molecule has 2 nitrogen and oxygen atoms in total. The Morgan fingerprint density at radius 2 is 1.81 bits per heavy atom. The molecule has 2 N–H and O–H groups in total. The first-order chi connectivity index (χ1) is 7.61. The largest absolute Gasteiger partial charge is 0.370 e. The molecule has 0 spiro atoms. The van der Waals surface area contributed by atoms with Crippen molar-refractivity contribution in [3.8, 4) is 0 Å². The first-order valence-electron chi connectivity index (χ1n) is 6.90. The predicted octanol–water partition coefficient (Wildman–Crippen LogP) is 3.49. The molecular formula is C14H27NO. The van der Waals surface area contributed by atoms with Crippen LogP contribution in [0.25, 0.3) is 0 Å². The van der Waals surface area contributed by atoms with Gasteiger partial charge in [-0.3, -0.25) is 4.79 Å². The third-order valence-corrected chi connectivity index (χ3v) is 3.97. The Kier molecular flexibility index (Phi) is 5.86. The van der Waals surface area contributed by atoms with Crippen LogP contribution in [-0.4, -0.2) is 5.91 Å². The average molecular weight is 225 g/mol. The maximum atomic E-state index is 10.8. The van der Waals surface area contributed by atoms with Gasteiger partial charge >= 0.3 is 0 Å². The summed E-state index contributed by atoms with van der Waals surface area (Å²) in [5, 5.41) is 0. The van der Waals surface area contributed by atoms with Crippen LogP contribution in [0.5, 0.6) is 0 Å². The lowest BCUT2D eigenvalue weighted by Gasteiger charge is -2.29. The first kappa shape index (κ1) is 13.5. The SMILES string of the molecule is CCCC(C)C[C@H]1CC[C@@H](CC(N)=O)CC1. The molecule has 1 fully saturated rings. The summed E-state index contributed by atoms with van der Waals surface area (Å²) in [4.78, 5) is 10.8. The number of hydrogen-bond acceptors (Lipinski definition) is 1. The van der Waals surface area contributed by atoms with Crippen molar-refractivity contribution >= 4 is 5.91 Å². The molecule has 0 heterocycles. The van der Waals surface area contributed by atoms with Gasteiger partial charge in [0.2, 0.25) is 5.91 Å². The number of primary amides is 1. The van der Waals surface area contributed by atoms with Crippen LogP contribution < -0.4 is 5.73 Å². The molecule has 0 radical (unpaired) electrons. The number of hydrogen-bond donors (Lipinski definition) is 1. The van der Waals surface area contributed by atoms with Crippen molar-refractivity contribution in [1.82, 2.24) is 0 Å². The predicted molar refractivity (Wildman–Crippen MR) is 67.9 cm³/mol. The molecule has 0 saturated heterocycles. The van der Waals surface area contributed by atoms with Crippen molar-refractivity contribution in [2.75, 3.05) is 0 Å². The molecule has 1 unspecified atom stereocenters. The van der Waals surface area contributed by atoms with E-state index in [1.165, 1.54) is 44.9 Å². The summed E-state index contributed by atoms with van der Waals surface area (Å²) >= 11 is 0. The fourth-order valence-corrected chi connectivity index (χ4v) is 3.14. The second kappa shape index (κ2) is 6.93. The molecule has 16 heavy (non-hydrogen) atoms. The minimum Gasteiger partial charge on any atom is -0.370 e. The molecule has 0 aromatic heterocycles. The first-order valence-corrected chi connectivity index (χ1v) is 6.90. The van der Waals surface area contributed by atoms with Gasteiger partial charge in [-0.25, -0.2) is 0 Å². The highest BCUT2D eigenvalue weighted by Gasteiger charge is 2.23. The summed E-state index contributed by atoms with van der Waals surface area (Å²) in [5.74, 6) is 2.24. The standard InChI is InChI=1S/C14H27NO/c1-3-4-11(2)9-12-5-7-13(8-6-12)10-14(15)16/h11-13H,3-10H2,1-2H3,(H2,15,16)/t11?,12-,13+. The monoisotopic (exact) mass is 225 g/mol. The van der Waals surface area contributed by atoms with Gasteiger partial charge in [-0.2, -0.15) is 0 Å². The van der Waals surface area contributed by atoms with Gasteiger partial charge in [0, 0.05) is 6.42 Å². The zero-order valence-corrected chi connectivity index (χ0v) is 10.9. The lowest BCUT2D eigenvalue weighted by molar-refractivity contribution is -0.119. The number of carbonyl (C=O) groups excluding carboxylic acids is 1. The molecule has 1 rings (SSSR count). The van der Waals surface area contributed by atoms with E-state index >= 15 is 0 Å². The Balaban J connectivity index is 2.18. The fourth-order valence-electron chi connectivity index (χ4n) is 3.14. The maximum Gasteiger partial charge on any atom is 0.217 e. The van der Waals surface area contributed by atoms with Crippen LogP contribution in [0.3, 0.4) is 0 Å². The van der Waals surface area contributed by atoms with E-state index in [9.17, 15) is 4.79 Å². The molecule has 0 aromatic carbocycles. The summed E-state index contributed by atoms with van der Waals surface area (Å²) in [6.07, 6.45) is 9.71. The van der Waals surface area contributed by atoms with Crippen molar-refractivity contribution in [2.24, 2.45) is 23.5 Å². The summed E-state index contributed by atoms with van der Waals surface area (Å²) < 4.78 is 0. The highest BCUT2D eigenvalue weighted by Crippen LogP contribution is 2.34. The molecule has 1 atom stereocenters. The molecule has 1 aliphatic rings. The van der Waals surface area contributed by atoms with Gasteiger partial charge < -0.3 is 5.73 Å². The van der Waals surface area contributed by atoms with E-state index in [-0.39, 0.29) is 5.91 Å². The van der Waals surface area contributed by atoms with Gasteiger partial charge in [-0.15, -0.1) is 0 Å². The molecule has 94 valence electrons. The van der Waals surface area contributed by atoms with Crippen molar-refractivity contribution in [1.29, 1.82) is 0 Å². The van der Waals surface area contributed by atoms with Crippen LogP contribution in [0.4, 0.5) is 0 Å². The van der Waals surface area contributed by atoms with E-state index in [0.717, 1.165) is 11.8 Å². The summed E-state index contributed by atoms with van der Waals surface area (Å²) in [5.41, 5.74) is 5.24. The summed E-state index contributed by atoms with van der Waals surface area (Å²) in [6.45, 7) is 4.64. The summed E-state index contributed by atoms with van der Waals surface area (Å²) in [6, 6.07) is 0. The second-order valence-corrected chi connectivity index (χ2v) is 5.69. The highest BCUT2D eigenvalue weighted by atomic mass is 16.1. The molecule has 0 bridgehead atoms. The quantitative estimate of drug-likeness (QED) is 0.738. The van der Waals surface area contributed by atoms with Crippen molar-refractivity contribution < 1.29 is 4.79 Å². The van der Waals surface area contributed by atoms with Crippen LogP contribution >= 0.6 is 0 Å².